The second-order valence-electron chi connectivity index (χ2n) is 7.11. The average Bonchev–Trinajstić information content (AvgIpc) is 2.37. The molecule has 1 aliphatic heterocycles. The lowest BCUT2D eigenvalue weighted by Crippen LogP contribution is -2.51. The van der Waals surface area contributed by atoms with E-state index in [1.54, 1.807) is 0 Å². The summed E-state index contributed by atoms with van der Waals surface area (Å²) in [4.78, 5) is 0. The molecule has 1 heterocycles. The van der Waals surface area contributed by atoms with Gasteiger partial charge in [0.2, 0.25) is 0 Å². The molecule has 0 radical (unpaired) electrons. The van der Waals surface area contributed by atoms with Crippen LogP contribution in [0.1, 0.15) is 64.7 Å². The van der Waals surface area contributed by atoms with Gasteiger partial charge in [-0.1, -0.05) is 19.8 Å². The largest absolute Gasteiger partial charge is 0.375 e. The Bertz CT molecular complexity index is 266. The highest BCUT2D eigenvalue weighted by molar-refractivity contribution is 4.96. The maximum Gasteiger partial charge on any atom is 0.0697 e. The predicted octanol–water partition coefficient (Wildman–Crippen LogP) is 3.50. The number of hydrogen-bond acceptors (Lipinski definition) is 2. The summed E-state index contributed by atoms with van der Waals surface area (Å²) >= 11 is 0. The minimum Gasteiger partial charge on any atom is -0.375 e. The second-order valence-corrected chi connectivity index (χ2v) is 7.11. The topological polar surface area (TPSA) is 21.3 Å². The Kier molecular flexibility index (Phi) is 3.95. The standard InChI is InChI=1S/C16H29NO/c1-13-3-5-14(6-4-13)12-17-15-7-10-18-16(11-15)8-2-9-16/h13-15,17H,2-12H2,1H3. The Morgan fingerprint density at radius 3 is 2.56 bits per heavy atom. The average molecular weight is 251 g/mol. The van der Waals surface area contributed by atoms with Crippen molar-refractivity contribution in [1.29, 1.82) is 0 Å². The fraction of sp³-hybridized carbons (Fsp3) is 1.00. The zero-order valence-electron chi connectivity index (χ0n) is 11.9. The van der Waals surface area contributed by atoms with Gasteiger partial charge >= 0.3 is 0 Å². The molecule has 2 heteroatoms. The Morgan fingerprint density at radius 1 is 1.11 bits per heavy atom. The highest BCUT2D eigenvalue weighted by atomic mass is 16.5. The summed E-state index contributed by atoms with van der Waals surface area (Å²) in [6.07, 6.45) is 12.3. The molecule has 2 saturated carbocycles. The molecule has 1 saturated heterocycles. The molecule has 2 nitrogen and oxygen atoms in total. The lowest BCUT2D eigenvalue weighted by molar-refractivity contribution is -0.135. The van der Waals surface area contributed by atoms with Crippen molar-refractivity contribution in [2.45, 2.75) is 76.4 Å². The van der Waals surface area contributed by atoms with Crippen LogP contribution in [0.5, 0.6) is 0 Å². The minimum atomic E-state index is 0.303. The molecule has 104 valence electrons. The van der Waals surface area contributed by atoms with Gasteiger partial charge in [0.15, 0.2) is 0 Å². The number of rotatable bonds is 3. The van der Waals surface area contributed by atoms with Gasteiger partial charge in [-0.15, -0.1) is 0 Å². The van der Waals surface area contributed by atoms with Crippen LogP contribution in [0.4, 0.5) is 0 Å². The SMILES string of the molecule is CC1CCC(CNC2CCOC3(CCC3)C2)CC1. The fourth-order valence-electron chi connectivity index (χ4n) is 3.99. The molecule has 0 aromatic carbocycles. The highest BCUT2D eigenvalue weighted by Crippen LogP contribution is 2.42. The molecular weight excluding hydrogens is 222 g/mol. The summed E-state index contributed by atoms with van der Waals surface area (Å²) in [5.74, 6) is 1.92. The molecule has 3 aliphatic rings. The molecule has 1 unspecified atom stereocenters. The van der Waals surface area contributed by atoms with Crippen LogP contribution >= 0.6 is 0 Å². The second kappa shape index (κ2) is 5.50. The summed E-state index contributed by atoms with van der Waals surface area (Å²) in [7, 11) is 0. The molecule has 1 atom stereocenters. The first-order valence-electron chi connectivity index (χ1n) is 8.13. The lowest BCUT2D eigenvalue weighted by Gasteiger charge is -2.47. The molecule has 18 heavy (non-hydrogen) atoms. The molecule has 2 aliphatic carbocycles. The van der Waals surface area contributed by atoms with Crippen molar-refractivity contribution in [3.8, 4) is 0 Å². The zero-order chi connectivity index (χ0) is 12.4. The van der Waals surface area contributed by atoms with Gasteiger partial charge in [0.25, 0.3) is 0 Å². The summed E-state index contributed by atoms with van der Waals surface area (Å²) < 4.78 is 6.00. The summed E-state index contributed by atoms with van der Waals surface area (Å²) in [5.41, 5.74) is 0.303. The summed E-state index contributed by atoms with van der Waals surface area (Å²) in [6, 6.07) is 0.735. The Labute approximate surface area is 112 Å². The van der Waals surface area contributed by atoms with E-state index in [9.17, 15) is 0 Å². The van der Waals surface area contributed by atoms with Crippen LogP contribution in [0.2, 0.25) is 0 Å². The Hall–Kier alpha value is -0.0800. The molecule has 1 N–H and O–H groups in total. The number of nitrogens with one attached hydrogen (secondary N) is 1. The third-order valence-corrected chi connectivity index (χ3v) is 5.59. The van der Waals surface area contributed by atoms with Crippen LogP contribution < -0.4 is 5.32 Å². The van der Waals surface area contributed by atoms with Crippen molar-refractivity contribution in [1.82, 2.24) is 5.32 Å². The summed E-state index contributed by atoms with van der Waals surface area (Å²) in [6.45, 7) is 4.65. The van der Waals surface area contributed by atoms with E-state index in [1.165, 1.54) is 64.3 Å². The normalized spacial score (nSPS) is 39.5. The van der Waals surface area contributed by atoms with E-state index in [-0.39, 0.29) is 0 Å². The van der Waals surface area contributed by atoms with E-state index in [0.717, 1.165) is 24.5 Å². The van der Waals surface area contributed by atoms with Crippen molar-refractivity contribution < 1.29 is 4.74 Å². The third-order valence-electron chi connectivity index (χ3n) is 5.59. The van der Waals surface area contributed by atoms with Crippen LogP contribution in [0.15, 0.2) is 0 Å². The van der Waals surface area contributed by atoms with Crippen molar-refractivity contribution in [3.05, 3.63) is 0 Å². The van der Waals surface area contributed by atoms with Gasteiger partial charge in [-0.3, -0.25) is 0 Å². The van der Waals surface area contributed by atoms with E-state index < -0.39 is 0 Å². The lowest BCUT2D eigenvalue weighted by atomic mass is 9.74. The van der Waals surface area contributed by atoms with Gasteiger partial charge < -0.3 is 10.1 Å². The number of hydrogen-bond donors (Lipinski definition) is 1. The molecule has 0 amide bonds. The monoisotopic (exact) mass is 251 g/mol. The van der Waals surface area contributed by atoms with Crippen LogP contribution in [-0.2, 0) is 4.74 Å². The number of ether oxygens (including phenoxy) is 1. The van der Waals surface area contributed by atoms with Gasteiger partial charge in [-0.05, 0) is 63.3 Å². The molecule has 0 bridgehead atoms. The Morgan fingerprint density at radius 2 is 1.89 bits per heavy atom. The quantitative estimate of drug-likeness (QED) is 0.829. The molecule has 3 rings (SSSR count). The molecule has 3 fully saturated rings. The van der Waals surface area contributed by atoms with Crippen molar-refractivity contribution >= 4 is 0 Å². The van der Waals surface area contributed by atoms with E-state index >= 15 is 0 Å². The van der Waals surface area contributed by atoms with Crippen molar-refractivity contribution in [3.63, 3.8) is 0 Å². The van der Waals surface area contributed by atoms with Gasteiger partial charge in [0.1, 0.15) is 0 Å². The van der Waals surface area contributed by atoms with Crippen LogP contribution in [0.25, 0.3) is 0 Å². The van der Waals surface area contributed by atoms with Crippen molar-refractivity contribution in [2.75, 3.05) is 13.2 Å². The first kappa shape index (κ1) is 12.9. The van der Waals surface area contributed by atoms with Crippen LogP contribution in [0, 0.1) is 11.8 Å². The highest BCUT2D eigenvalue weighted by Gasteiger charge is 2.42. The predicted molar refractivity (Wildman–Crippen MR) is 74.7 cm³/mol. The van der Waals surface area contributed by atoms with Gasteiger partial charge in [0.05, 0.1) is 5.60 Å². The Balaban J connectivity index is 1.40. The fourth-order valence-corrected chi connectivity index (χ4v) is 3.99. The van der Waals surface area contributed by atoms with Crippen LogP contribution in [0.3, 0.4) is 0 Å². The zero-order valence-corrected chi connectivity index (χ0v) is 11.9. The summed E-state index contributed by atoms with van der Waals surface area (Å²) in [5, 5.41) is 3.85. The van der Waals surface area contributed by atoms with Gasteiger partial charge in [-0.2, -0.15) is 0 Å². The van der Waals surface area contributed by atoms with E-state index in [0.29, 0.717) is 5.60 Å². The maximum atomic E-state index is 6.00. The first-order valence-corrected chi connectivity index (χ1v) is 8.13. The van der Waals surface area contributed by atoms with Crippen molar-refractivity contribution in [2.24, 2.45) is 11.8 Å². The smallest absolute Gasteiger partial charge is 0.0697 e. The van der Waals surface area contributed by atoms with Crippen LogP contribution in [-0.4, -0.2) is 24.8 Å². The first-order chi connectivity index (χ1) is 8.76. The van der Waals surface area contributed by atoms with E-state index in [1.807, 2.05) is 0 Å². The molecule has 0 aromatic rings. The third kappa shape index (κ3) is 2.91. The maximum absolute atomic E-state index is 6.00. The molecule has 1 spiro atoms. The van der Waals surface area contributed by atoms with E-state index in [2.05, 4.69) is 12.2 Å². The molecule has 0 aromatic heterocycles. The minimum absolute atomic E-state index is 0.303. The molecular formula is C16H29NO. The van der Waals surface area contributed by atoms with E-state index in [4.69, 9.17) is 4.74 Å². The van der Waals surface area contributed by atoms with Gasteiger partial charge in [0, 0.05) is 12.6 Å². The van der Waals surface area contributed by atoms with Gasteiger partial charge in [-0.25, -0.2) is 0 Å².